The van der Waals surface area contributed by atoms with Gasteiger partial charge < -0.3 is 10.6 Å². The fraction of sp³-hybridized carbons (Fsp3) is 0.467. The Morgan fingerprint density at radius 3 is 2.40 bits per heavy atom. The third-order valence-corrected chi connectivity index (χ3v) is 4.90. The molecule has 2 N–H and O–H groups in total. The predicted octanol–water partition coefficient (Wildman–Crippen LogP) is 0.959. The lowest BCUT2D eigenvalue weighted by Gasteiger charge is -2.47. The average molecular weight is 271 g/mol. The Morgan fingerprint density at radius 1 is 1.05 bits per heavy atom. The summed E-state index contributed by atoms with van der Waals surface area (Å²) in [5, 5.41) is 0. The van der Waals surface area contributed by atoms with E-state index in [2.05, 4.69) is 4.90 Å². The van der Waals surface area contributed by atoms with Gasteiger partial charge in [-0.1, -0.05) is 0 Å². The first-order chi connectivity index (χ1) is 9.65. The van der Waals surface area contributed by atoms with E-state index in [4.69, 9.17) is 5.73 Å². The number of carbonyl (C=O) groups excluding carboxylic acids is 2. The fourth-order valence-electron chi connectivity index (χ4n) is 3.80. The molecule has 0 spiro atoms. The van der Waals surface area contributed by atoms with Gasteiger partial charge in [-0.3, -0.25) is 14.5 Å². The Labute approximate surface area is 117 Å². The standard InChI is InChI=1S/C15H17N3O2/c16-10-1-2-11-12(7-10)15(20)18(14(11)19)13-8-17-5-3-9(13)4-6-17/h1-2,7,9,13H,3-6,8,16H2. The maximum absolute atomic E-state index is 12.6. The topological polar surface area (TPSA) is 66.6 Å². The number of hydrogen-bond acceptors (Lipinski definition) is 4. The number of carbonyl (C=O) groups is 2. The van der Waals surface area contributed by atoms with E-state index in [0.29, 0.717) is 22.7 Å². The molecule has 3 fully saturated rings. The summed E-state index contributed by atoms with van der Waals surface area (Å²) in [6.07, 6.45) is 2.17. The molecule has 5 heteroatoms. The van der Waals surface area contributed by atoms with Crippen molar-refractivity contribution < 1.29 is 9.59 Å². The molecule has 0 saturated carbocycles. The second-order valence-electron chi connectivity index (χ2n) is 5.99. The highest BCUT2D eigenvalue weighted by Crippen LogP contribution is 2.35. The minimum atomic E-state index is -0.170. The first-order valence-electron chi connectivity index (χ1n) is 7.15. The number of imide groups is 1. The Kier molecular flexibility index (Phi) is 2.41. The zero-order chi connectivity index (χ0) is 13.9. The van der Waals surface area contributed by atoms with Crippen molar-refractivity contribution in [3.63, 3.8) is 0 Å². The van der Waals surface area contributed by atoms with Gasteiger partial charge in [0.2, 0.25) is 0 Å². The predicted molar refractivity (Wildman–Crippen MR) is 74.3 cm³/mol. The molecule has 5 nitrogen and oxygen atoms in total. The molecule has 0 aromatic heterocycles. The molecule has 4 aliphatic rings. The first kappa shape index (κ1) is 11.9. The summed E-state index contributed by atoms with van der Waals surface area (Å²) in [6, 6.07) is 5.01. The highest BCUT2D eigenvalue weighted by molar-refractivity contribution is 6.22. The molecule has 2 amide bonds. The summed E-state index contributed by atoms with van der Waals surface area (Å²) in [6.45, 7) is 3.01. The van der Waals surface area contributed by atoms with Gasteiger partial charge in [-0.15, -0.1) is 0 Å². The zero-order valence-electron chi connectivity index (χ0n) is 11.2. The summed E-state index contributed by atoms with van der Waals surface area (Å²) in [5.74, 6) is 0.138. The molecule has 1 aromatic carbocycles. The lowest BCUT2D eigenvalue weighted by atomic mass is 9.83. The lowest BCUT2D eigenvalue weighted by Crippen LogP contribution is -2.58. The summed E-state index contributed by atoms with van der Waals surface area (Å²) < 4.78 is 0. The van der Waals surface area contributed by atoms with Crippen molar-refractivity contribution in [2.75, 3.05) is 25.4 Å². The van der Waals surface area contributed by atoms with E-state index >= 15 is 0 Å². The minimum absolute atomic E-state index is 0.0334. The number of anilines is 1. The smallest absolute Gasteiger partial charge is 0.261 e. The van der Waals surface area contributed by atoms with Gasteiger partial charge in [-0.2, -0.15) is 0 Å². The van der Waals surface area contributed by atoms with Gasteiger partial charge >= 0.3 is 0 Å². The van der Waals surface area contributed by atoms with Gasteiger partial charge in [0.15, 0.2) is 0 Å². The number of nitrogens with two attached hydrogens (primary N) is 1. The Bertz CT molecular complexity index is 605. The van der Waals surface area contributed by atoms with Crippen LogP contribution in [-0.4, -0.2) is 47.3 Å². The van der Waals surface area contributed by atoms with E-state index in [-0.39, 0.29) is 17.9 Å². The van der Waals surface area contributed by atoms with Gasteiger partial charge in [-0.05, 0) is 50.0 Å². The number of nitrogen functional groups attached to an aromatic ring is 1. The Balaban J connectivity index is 1.71. The number of rotatable bonds is 1. The molecule has 2 bridgehead atoms. The van der Waals surface area contributed by atoms with Gasteiger partial charge in [0.05, 0.1) is 17.2 Å². The summed E-state index contributed by atoms with van der Waals surface area (Å²) >= 11 is 0. The van der Waals surface area contributed by atoms with Crippen molar-refractivity contribution in [1.29, 1.82) is 0 Å². The molecule has 0 aliphatic carbocycles. The van der Waals surface area contributed by atoms with Crippen LogP contribution in [0.25, 0.3) is 0 Å². The summed E-state index contributed by atoms with van der Waals surface area (Å²) in [7, 11) is 0. The van der Waals surface area contributed by atoms with Crippen LogP contribution < -0.4 is 5.73 Å². The Morgan fingerprint density at radius 2 is 1.75 bits per heavy atom. The average Bonchev–Trinajstić information content (AvgIpc) is 2.71. The van der Waals surface area contributed by atoms with Crippen molar-refractivity contribution >= 4 is 17.5 Å². The maximum Gasteiger partial charge on any atom is 0.261 e. The van der Waals surface area contributed by atoms with Crippen molar-refractivity contribution in [2.45, 2.75) is 18.9 Å². The van der Waals surface area contributed by atoms with E-state index in [1.54, 1.807) is 18.2 Å². The number of fused-ring (bicyclic) bond motifs is 4. The van der Waals surface area contributed by atoms with Crippen LogP contribution in [0.5, 0.6) is 0 Å². The second-order valence-corrected chi connectivity index (χ2v) is 5.99. The monoisotopic (exact) mass is 271 g/mol. The Hall–Kier alpha value is -1.88. The molecule has 3 saturated heterocycles. The third-order valence-electron chi connectivity index (χ3n) is 4.90. The molecule has 4 aliphatic heterocycles. The molecule has 1 aromatic rings. The number of piperidine rings is 3. The van der Waals surface area contributed by atoms with Crippen LogP contribution in [0.1, 0.15) is 33.6 Å². The fourth-order valence-corrected chi connectivity index (χ4v) is 3.80. The number of hydrogen-bond donors (Lipinski definition) is 1. The van der Waals surface area contributed by atoms with Crippen molar-refractivity contribution in [3.8, 4) is 0 Å². The van der Waals surface area contributed by atoms with E-state index in [9.17, 15) is 9.59 Å². The SMILES string of the molecule is Nc1ccc2c(c1)C(=O)N(C1CN3CCC1CC3)C2=O. The highest BCUT2D eigenvalue weighted by atomic mass is 16.2. The molecule has 5 rings (SSSR count). The highest BCUT2D eigenvalue weighted by Gasteiger charge is 2.46. The molecule has 4 heterocycles. The first-order valence-corrected chi connectivity index (χ1v) is 7.15. The van der Waals surface area contributed by atoms with Gasteiger partial charge in [0.25, 0.3) is 11.8 Å². The third kappa shape index (κ3) is 1.53. The molecule has 104 valence electrons. The molecule has 1 unspecified atom stereocenters. The van der Waals surface area contributed by atoms with E-state index < -0.39 is 0 Å². The van der Waals surface area contributed by atoms with Crippen LogP contribution in [0.4, 0.5) is 5.69 Å². The summed E-state index contributed by atoms with van der Waals surface area (Å²) in [4.78, 5) is 28.9. The second kappa shape index (κ2) is 4.06. The molecule has 20 heavy (non-hydrogen) atoms. The van der Waals surface area contributed by atoms with Crippen LogP contribution in [0.2, 0.25) is 0 Å². The quantitative estimate of drug-likeness (QED) is 0.610. The normalized spacial score (nSPS) is 31.8. The van der Waals surface area contributed by atoms with Gasteiger partial charge in [0, 0.05) is 12.2 Å². The number of amides is 2. The van der Waals surface area contributed by atoms with E-state index in [1.807, 2.05) is 0 Å². The number of nitrogens with zero attached hydrogens (tertiary/aromatic N) is 2. The van der Waals surface area contributed by atoms with Crippen LogP contribution in [0, 0.1) is 5.92 Å². The maximum atomic E-state index is 12.6. The molecular weight excluding hydrogens is 254 g/mol. The van der Waals surface area contributed by atoms with Gasteiger partial charge in [-0.25, -0.2) is 0 Å². The van der Waals surface area contributed by atoms with Crippen LogP contribution in [0.3, 0.4) is 0 Å². The largest absolute Gasteiger partial charge is 0.399 e. The molecule has 0 radical (unpaired) electrons. The summed E-state index contributed by atoms with van der Waals surface area (Å²) in [5.41, 5.74) is 7.23. The lowest BCUT2D eigenvalue weighted by molar-refractivity contribution is 0.0120. The van der Waals surface area contributed by atoms with Gasteiger partial charge in [0.1, 0.15) is 0 Å². The zero-order valence-corrected chi connectivity index (χ0v) is 11.2. The molecular formula is C15H17N3O2. The van der Waals surface area contributed by atoms with Crippen LogP contribution in [0.15, 0.2) is 18.2 Å². The van der Waals surface area contributed by atoms with E-state index in [0.717, 1.165) is 32.5 Å². The van der Waals surface area contributed by atoms with Crippen molar-refractivity contribution in [2.24, 2.45) is 5.92 Å². The van der Waals surface area contributed by atoms with Crippen LogP contribution in [-0.2, 0) is 0 Å². The molecule has 1 atom stereocenters. The van der Waals surface area contributed by atoms with E-state index in [1.165, 1.54) is 4.90 Å². The van der Waals surface area contributed by atoms with Crippen LogP contribution >= 0.6 is 0 Å². The van der Waals surface area contributed by atoms with Crippen molar-refractivity contribution in [1.82, 2.24) is 9.80 Å². The van der Waals surface area contributed by atoms with Crippen molar-refractivity contribution in [3.05, 3.63) is 29.3 Å². The number of benzene rings is 1. The minimum Gasteiger partial charge on any atom is -0.399 e.